The molecule has 1 fully saturated rings. The molecule has 0 amide bonds. The summed E-state index contributed by atoms with van der Waals surface area (Å²) in [5.74, 6) is 0.410. The predicted octanol–water partition coefficient (Wildman–Crippen LogP) is 5.34. The molecule has 0 aromatic heterocycles. The highest BCUT2D eigenvalue weighted by Gasteiger charge is 2.77. The van der Waals surface area contributed by atoms with E-state index in [9.17, 15) is 9.59 Å². The van der Waals surface area contributed by atoms with E-state index in [1.54, 1.807) is 12.1 Å². The SMILES string of the molecule is CC(C)(C)Oc1ccc2c(c1)OC(=O)C1C2(C)C2C(=O)Oc3cc(OC(C)(C)C)ccc3C12C. The zero-order chi connectivity index (χ0) is 24.8. The molecule has 0 unspecified atom stereocenters. The largest absolute Gasteiger partial charge is 0.488 e. The lowest BCUT2D eigenvalue weighted by atomic mass is 9.35. The molecule has 3 aliphatic rings. The van der Waals surface area contributed by atoms with Crippen molar-refractivity contribution < 1.29 is 28.5 Å². The smallest absolute Gasteiger partial charge is 0.316 e. The van der Waals surface area contributed by atoms with Gasteiger partial charge >= 0.3 is 11.9 Å². The second kappa shape index (κ2) is 6.77. The molecule has 34 heavy (non-hydrogen) atoms. The van der Waals surface area contributed by atoms with Crippen LogP contribution in [0.4, 0.5) is 0 Å². The number of carbonyl (C=O) groups excluding carboxylic acids is 2. The summed E-state index contributed by atoms with van der Waals surface area (Å²) >= 11 is 0. The van der Waals surface area contributed by atoms with Crippen LogP contribution in [0, 0.1) is 11.8 Å². The van der Waals surface area contributed by atoms with Crippen molar-refractivity contribution in [1.82, 2.24) is 0 Å². The molecular weight excluding hydrogens is 432 g/mol. The van der Waals surface area contributed by atoms with Crippen molar-refractivity contribution in [2.24, 2.45) is 11.8 Å². The third kappa shape index (κ3) is 3.14. The first-order valence-electron chi connectivity index (χ1n) is 11.7. The summed E-state index contributed by atoms with van der Waals surface area (Å²) in [5, 5.41) is 0. The van der Waals surface area contributed by atoms with Crippen LogP contribution in [-0.4, -0.2) is 23.1 Å². The van der Waals surface area contributed by atoms with Gasteiger partial charge in [0.15, 0.2) is 0 Å². The zero-order valence-electron chi connectivity index (χ0n) is 21.1. The number of fused-ring (bicyclic) bond motifs is 8. The maximum atomic E-state index is 13.4. The Morgan fingerprint density at radius 1 is 0.676 bits per heavy atom. The summed E-state index contributed by atoms with van der Waals surface area (Å²) in [6, 6.07) is 11.1. The number of hydrogen-bond donors (Lipinski definition) is 0. The number of ether oxygens (including phenoxy) is 4. The van der Waals surface area contributed by atoms with Gasteiger partial charge in [0.05, 0.1) is 11.8 Å². The van der Waals surface area contributed by atoms with Crippen molar-refractivity contribution in [3.8, 4) is 23.0 Å². The first kappa shape index (κ1) is 22.8. The molecule has 2 aliphatic heterocycles. The Kier molecular flexibility index (Phi) is 4.53. The second-order valence-electron chi connectivity index (χ2n) is 12.0. The molecule has 1 aliphatic carbocycles. The molecule has 6 nitrogen and oxygen atoms in total. The Labute approximate surface area is 200 Å². The van der Waals surface area contributed by atoms with E-state index < -0.39 is 22.7 Å². The summed E-state index contributed by atoms with van der Waals surface area (Å²) in [5.41, 5.74) is -0.603. The van der Waals surface area contributed by atoms with Gasteiger partial charge in [0.1, 0.15) is 34.2 Å². The number of carbonyl (C=O) groups is 2. The highest BCUT2D eigenvalue weighted by atomic mass is 16.6. The molecule has 180 valence electrons. The summed E-state index contributed by atoms with van der Waals surface area (Å²) in [6.07, 6.45) is 0. The lowest BCUT2D eigenvalue weighted by Gasteiger charge is -2.66. The average Bonchev–Trinajstić information content (AvgIpc) is 2.63. The lowest BCUT2D eigenvalue weighted by molar-refractivity contribution is -0.184. The van der Waals surface area contributed by atoms with E-state index in [0.717, 1.165) is 11.1 Å². The van der Waals surface area contributed by atoms with Gasteiger partial charge in [-0.25, -0.2) is 0 Å². The van der Waals surface area contributed by atoms with E-state index in [1.165, 1.54) is 0 Å². The topological polar surface area (TPSA) is 71.1 Å². The van der Waals surface area contributed by atoms with Crippen LogP contribution in [0.15, 0.2) is 36.4 Å². The van der Waals surface area contributed by atoms with Gasteiger partial charge in [0, 0.05) is 34.1 Å². The molecule has 1 saturated carbocycles. The van der Waals surface area contributed by atoms with Gasteiger partial charge in [0.2, 0.25) is 0 Å². The van der Waals surface area contributed by atoms with Crippen molar-refractivity contribution in [2.45, 2.75) is 77.4 Å². The van der Waals surface area contributed by atoms with Gasteiger partial charge in [-0.15, -0.1) is 0 Å². The quantitative estimate of drug-likeness (QED) is 0.441. The number of esters is 2. The molecular formula is C28H32O6. The average molecular weight is 465 g/mol. The Bertz CT molecular complexity index is 1110. The first-order chi connectivity index (χ1) is 15.6. The minimum absolute atomic E-state index is 0.336. The predicted molar refractivity (Wildman–Crippen MR) is 127 cm³/mol. The third-order valence-corrected chi connectivity index (χ3v) is 7.21. The maximum absolute atomic E-state index is 13.4. The summed E-state index contributed by atoms with van der Waals surface area (Å²) < 4.78 is 23.6. The van der Waals surface area contributed by atoms with E-state index in [1.807, 2.05) is 79.7 Å². The molecule has 0 spiro atoms. The van der Waals surface area contributed by atoms with Gasteiger partial charge in [-0.3, -0.25) is 9.59 Å². The fourth-order valence-electron chi connectivity index (χ4n) is 6.32. The van der Waals surface area contributed by atoms with Crippen LogP contribution >= 0.6 is 0 Å². The van der Waals surface area contributed by atoms with Crippen LogP contribution in [0.5, 0.6) is 23.0 Å². The molecule has 0 radical (unpaired) electrons. The Hall–Kier alpha value is -3.02. The minimum atomic E-state index is -0.741. The fourth-order valence-corrected chi connectivity index (χ4v) is 6.32. The molecule has 0 bridgehead atoms. The second-order valence-corrected chi connectivity index (χ2v) is 12.0. The molecule has 0 N–H and O–H groups in total. The molecule has 2 aromatic carbocycles. The van der Waals surface area contributed by atoms with E-state index >= 15 is 0 Å². The molecule has 2 heterocycles. The van der Waals surface area contributed by atoms with Crippen LogP contribution in [0.3, 0.4) is 0 Å². The number of hydrogen-bond acceptors (Lipinski definition) is 6. The molecule has 5 rings (SSSR count). The van der Waals surface area contributed by atoms with Gasteiger partial charge < -0.3 is 18.9 Å². The molecule has 6 heteroatoms. The van der Waals surface area contributed by atoms with E-state index in [0.29, 0.717) is 23.0 Å². The standard InChI is InChI=1S/C28H32O6/c1-25(2,3)33-15-9-11-17-19(13-15)31-23(29)21-27(17,7)22-24(30)32-20-14-16(34-26(4,5)6)10-12-18(20)28(21,22)8/h9-14,21-22H,1-8H3. The first-order valence-corrected chi connectivity index (χ1v) is 11.7. The number of rotatable bonds is 2. The maximum Gasteiger partial charge on any atom is 0.316 e. The van der Waals surface area contributed by atoms with Gasteiger partial charge in [-0.05, 0) is 53.7 Å². The normalized spacial score (nSPS) is 29.4. The highest BCUT2D eigenvalue weighted by molar-refractivity contribution is 5.94. The highest BCUT2D eigenvalue weighted by Crippen LogP contribution is 2.71. The number of benzene rings is 2. The van der Waals surface area contributed by atoms with Crippen LogP contribution in [-0.2, 0) is 20.4 Å². The van der Waals surface area contributed by atoms with Crippen LogP contribution in [0.2, 0.25) is 0 Å². The van der Waals surface area contributed by atoms with Crippen molar-refractivity contribution in [3.63, 3.8) is 0 Å². The van der Waals surface area contributed by atoms with Crippen LogP contribution in [0.25, 0.3) is 0 Å². The molecule has 2 aromatic rings. The molecule has 0 saturated heterocycles. The van der Waals surface area contributed by atoms with Crippen molar-refractivity contribution >= 4 is 11.9 Å². The van der Waals surface area contributed by atoms with Crippen molar-refractivity contribution in [1.29, 1.82) is 0 Å². The third-order valence-electron chi connectivity index (χ3n) is 7.21. The summed E-state index contributed by atoms with van der Waals surface area (Å²) in [4.78, 5) is 26.8. The van der Waals surface area contributed by atoms with Crippen molar-refractivity contribution in [2.75, 3.05) is 0 Å². The van der Waals surface area contributed by atoms with E-state index in [-0.39, 0.29) is 23.1 Å². The Morgan fingerprint density at radius 2 is 1.03 bits per heavy atom. The van der Waals surface area contributed by atoms with Crippen LogP contribution < -0.4 is 18.9 Å². The zero-order valence-corrected chi connectivity index (χ0v) is 21.1. The van der Waals surface area contributed by atoms with Gasteiger partial charge in [-0.2, -0.15) is 0 Å². The summed E-state index contributed by atoms with van der Waals surface area (Å²) in [6.45, 7) is 15.7. The summed E-state index contributed by atoms with van der Waals surface area (Å²) in [7, 11) is 0. The monoisotopic (exact) mass is 464 g/mol. The Balaban J connectivity index is 1.58. The van der Waals surface area contributed by atoms with Gasteiger partial charge in [-0.1, -0.05) is 26.0 Å². The van der Waals surface area contributed by atoms with Crippen LogP contribution in [0.1, 0.15) is 66.5 Å². The van der Waals surface area contributed by atoms with E-state index in [2.05, 4.69) is 0 Å². The Morgan fingerprint density at radius 3 is 1.35 bits per heavy atom. The van der Waals surface area contributed by atoms with E-state index in [4.69, 9.17) is 18.9 Å². The lowest BCUT2D eigenvalue weighted by Crippen LogP contribution is -2.75. The fraction of sp³-hybridized carbons (Fsp3) is 0.500. The minimum Gasteiger partial charge on any atom is -0.488 e. The van der Waals surface area contributed by atoms with Gasteiger partial charge in [0.25, 0.3) is 0 Å². The van der Waals surface area contributed by atoms with Crippen molar-refractivity contribution in [3.05, 3.63) is 47.5 Å². The molecule has 0 atom stereocenters.